The maximum atomic E-state index is 12.6. The minimum Gasteiger partial charge on any atom is -0.331 e. The highest BCUT2D eigenvalue weighted by Crippen LogP contribution is 2.33. The van der Waals surface area contributed by atoms with Crippen LogP contribution in [0.2, 0.25) is 0 Å². The van der Waals surface area contributed by atoms with Gasteiger partial charge in [-0.1, -0.05) is 12.1 Å². The van der Waals surface area contributed by atoms with Crippen molar-refractivity contribution in [2.45, 2.75) is 25.9 Å². The summed E-state index contributed by atoms with van der Waals surface area (Å²) in [7, 11) is 0. The summed E-state index contributed by atoms with van der Waals surface area (Å²) in [5.74, 6) is 0.109. The van der Waals surface area contributed by atoms with Crippen LogP contribution in [-0.4, -0.2) is 17.4 Å². The van der Waals surface area contributed by atoms with E-state index in [2.05, 4.69) is 18.4 Å². The first kappa shape index (κ1) is 16.0. The van der Waals surface area contributed by atoms with Gasteiger partial charge < -0.3 is 10.6 Å². The minimum absolute atomic E-state index is 0. The molecule has 2 aromatic rings. The Labute approximate surface area is 135 Å². The molecule has 1 aromatic heterocycles. The van der Waals surface area contributed by atoms with Crippen molar-refractivity contribution in [2.75, 3.05) is 6.54 Å². The summed E-state index contributed by atoms with van der Waals surface area (Å²) in [6.45, 7) is 3.41. The average molecular weight is 323 g/mol. The van der Waals surface area contributed by atoms with Gasteiger partial charge in [0, 0.05) is 23.5 Å². The second-order valence-electron chi connectivity index (χ2n) is 5.12. The molecule has 1 unspecified atom stereocenters. The van der Waals surface area contributed by atoms with Crippen LogP contribution >= 0.6 is 23.7 Å². The standard InChI is InChI=1S/C16H18N2OS.ClH/c1-11-14-7-9-20-15(14)6-8-18(11)16(19)13-4-2-12(10-17)3-5-13;/h2-5,7,9,11H,6,8,10,17H2,1H3;1H. The summed E-state index contributed by atoms with van der Waals surface area (Å²) < 4.78 is 0. The van der Waals surface area contributed by atoms with Crippen molar-refractivity contribution in [3.63, 3.8) is 0 Å². The molecule has 1 aliphatic heterocycles. The Morgan fingerprint density at radius 2 is 2.05 bits per heavy atom. The lowest BCUT2D eigenvalue weighted by Gasteiger charge is -2.33. The van der Waals surface area contributed by atoms with Gasteiger partial charge >= 0.3 is 0 Å². The van der Waals surface area contributed by atoms with E-state index >= 15 is 0 Å². The molecule has 3 rings (SSSR count). The third-order valence-electron chi connectivity index (χ3n) is 3.97. The van der Waals surface area contributed by atoms with E-state index in [-0.39, 0.29) is 24.4 Å². The number of nitrogens with two attached hydrogens (primary N) is 1. The smallest absolute Gasteiger partial charge is 0.254 e. The fourth-order valence-electron chi connectivity index (χ4n) is 2.74. The zero-order valence-electron chi connectivity index (χ0n) is 11.9. The monoisotopic (exact) mass is 322 g/mol. The highest BCUT2D eigenvalue weighted by Gasteiger charge is 2.28. The van der Waals surface area contributed by atoms with Gasteiger partial charge in [-0.15, -0.1) is 23.7 Å². The number of carbonyl (C=O) groups is 1. The molecule has 0 aliphatic carbocycles. The van der Waals surface area contributed by atoms with Crippen molar-refractivity contribution in [2.24, 2.45) is 5.73 Å². The molecule has 2 N–H and O–H groups in total. The summed E-state index contributed by atoms with van der Waals surface area (Å²) in [5.41, 5.74) is 8.68. The molecule has 0 spiro atoms. The number of fused-ring (bicyclic) bond motifs is 1. The number of hydrogen-bond acceptors (Lipinski definition) is 3. The van der Waals surface area contributed by atoms with Crippen LogP contribution in [0.15, 0.2) is 35.7 Å². The number of amides is 1. The molecule has 2 heterocycles. The summed E-state index contributed by atoms with van der Waals surface area (Å²) in [6.07, 6.45) is 0.962. The second kappa shape index (κ2) is 6.60. The fraction of sp³-hybridized carbons (Fsp3) is 0.312. The van der Waals surface area contributed by atoms with Gasteiger partial charge in [0.25, 0.3) is 5.91 Å². The Balaban J connectivity index is 0.00000161. The number of hydrogen-bond donors (Lipinski definition) is 1. The topological polar surface area (TPSA) is 46.3 Å². The van der Waals surface area contributed by atoms with Crippen LogP contribution < -0.4 is 5.73 Å². The van der Waals surface area contributed by atoms with Gasteiger partial charge in [-0.05, 0) is 48.1 Å². The highest BCUT2D eigenvalue weighted by molar-refractivity contribution is 7.10. The largest absolute Gasteiger partial charge is 0.331 e. The predicted molar refractivity (Wildman–Crippen MR) is 89.1 cm³/mol. The number of nitrogens with zero attached hydrogens (tertiary/aromatic N) is 1. The van der Waals surface area contributed by atoms with Crippen molar-refractivity contribution >= 4 is 29.7 Å². The average Bonchev–Trinajstić information content (AvgIpc) is 2.96. The third kappa shape index (κ3) is 2.98. The van der Waals surface area contributed by atoms with E-state index in [4.69, 9.17) is 5.73 Å². The van der Waals surface area contributed by atoms with Gasteiger partial charge in [0.2, 0.25) is 0 Å². The predicted octanol–water partition coefficient (Wildman–Crippen LogP) is 3.39. The van der Waals surface area contributed by atoms with Crippen molar-refractivity contribution in [3.8, 4) is 0 Å². The van der Waals surface area contributed by atoms with Crippen molar-refractivity contribution in [3.05, 3.63) is 57.3 Å². The van der Waals surface area contributed by atoms with Crippen molar-refractivity contribution < 1.29 is 4.79 Å². The Kier molecular flexibility index (Phi) is 5.04. The lowest BCUT2D eigenvalue weighted by atomic mass is 10.00. The van der Waals surface area contributed by atoms with E-state index in [0.717, 1.165) is 24.1 Å². The molecular weight excluding hydrogens is 304 g/mol. The first-order chi connectivity index (χ1) is 9.70. The zero-order valence-corrected chi connectivity index (χ0v) is 13.5. The van der Waals surface area contributed by atoms with Crippen molar-refractivity contribution in [1.82, 2.24) is 4.90 Å². The Morgan fingerprint density at radius 3 is 2.71 bits per heavy atom. The summed E-state index contributed by atoms with van der Waals surface area (Å²) in [4.78, 5) is 16.0. The van der Waals surface area contributed by atoms with E-state index in [0.29, 0.717) is 6.54 Å². The molecule has 0 saturated carbocycles. The maximum Gasteiger partial charge on any atom is 0.254 e. The Morgan fingerprint density at radius 1 is 1.33 bits per heavy atom. The van der Waals surface area contributed by atoms with Crippen molar-refractivity contribution in [1.29, 1.82) is 0 Å². The normalized spacial score (nSPS) is 17.0. The van der Waals surface area contributed by atoms with Gasteiger partial charge in [0.1, 0.15) is 0 Å². The number of carbonyl (C=O) groups excluding carboxylic acids is 1. The van der Waals surface area contributed by atoms with Crippen LogP contribution in [0.25, 0.3) is 0 Å². The molecule has 0 bridgehead atoms. The van der Waals surface area contributed by atoms with Crippen LogP contribution in [-0.2, 0) is 13.0 Å². The highest BCUT2D eigenvalue weighted by atomic mass is 35.5. The number of halogens is 1. The molecule has 112 valence electrons. The second-order valence-corrected chi connectivity index (χ2v) is 6.13. The number of rotatable bonds is 2. The van der Waals surface area contributed by atoms with E-state index in [1.54, 1.807) is 11.3 Å². The van der Waals surface area contributed by atoms with Gasteiger partial charge in [0.15, 0.2) is 0 Å². The maximum absolute atomic E-state index is 12.6. The molecule has 0 saturated heterocycles. The van der Waals surface area contributed by atoms with Crippen LogP contribution in [0.5, 0.6) is 0 Å². The molecule has 1 aliphatic rings. The first-order valence-electron chi connectivity index (χ1n) is 6.87. The van der Waals surface area contributed by atoms with Crippen LogP contribution in [0.1, 0.15) is 39.3 Å². The summed E-state index contributed by atoms with van der Waals surface area (Å²) >= 11 is 1.79. The SMILES string of the molecule is CC1c2ccsc2CCN1C(=O)c1ccc(CN)cc1.Cl. The molecule has 3 nitrogen and oxygen atoms in total. The zero-order chi connectivity index (χ0) is 14.1. The van der Waals surface area contributed by atoms with Gasteiger partial charge in [-0.3, -0.25) is 4.79 Å². The molecule has 5 heteroatoms. The van der Waals surface area contributed by atoms with E-state index in [1.807, 2.05) is 29.2 Å². The molecular formula is C16H19ClN2OS. The first-order valence-corrected chi connectivity index (χ1v) is 7.75. The van der Waals surface area contributed by atoms with E-state index in [9.17, 15) is 4.79 Å². The van der Waals surface area contributed by atoms with Gasteiger partial charge in [-0.25, -0.2) is 0 Å². The molecule has 1 atom stereocenters. The third-order valence-corrected chi connectivity index (χ3v) is 4.97. The van der Waals surface area contributed by atoms with Gasteiger partial charge in [-0.2, -0.15) is 0 Å². The molecule has 21 heavy (non-hydrogen) atoms. The van der Waals surface area contributed by atoms with Crippen LogP contribution in [0.4, 0.5) is 0 Å². The fourth-order valence-corrected chi connectivity index (χ4v) is 3.70. The van der Waals surface area contributed by atoms with E-state index < -0.39 is 0 Å². The molecule has 1 amide bonds. The van der Waals surface area contributed by atoms with E-state index in [1.165, 1.54) is 10.4 Å². The lowest BCUT2D eigenvalue weighted by Crippen LogP contribution is -2.38. The Hall–Kier alpha value is -1.36. The molecule has 1 aromatic carbocycles. The quantitative estimate of drug-likeness (QED) is 0.921. The Bertz CT molecular complexity index is 623. The van der Waals surface area contributed by atoms with Gasteiger partial charge in [0.05, 0.1) is 6.04 Å². The minimum atomic E-state index is 0. The lowest BCUT2D eigenvalue weighted by molar-refractivity contribution is 0.0679. The molecule has 0 fully saturated rings. The van der Waals surface area contributed by atoms with Crippen LogP contribution in [0, 0.1) is 0 Å². The van der Waals surface area contributed by atoms with Crippen LogP contribution in [0.3, 0.4) is 0 Å². The number of benzene rings is 1. The number of thiophene rings is 1. The summed E-state index contributed by atoms with van der Waals surface area (Å²) in [5, 5.41) is 2.12. The molecule has 0 radical (unpaired) electrons. The summed E-state index contributed by atoms with van der Waals surface area (Å²) in [6, 6.07) is 9.91.